The van der Waals surface area contributed by atoms with E-state index < -0.39 is 0 Å². The number of benzene rings is 1. The van der Waals surface area contributed by atoms with E-state index in [1.807, 2.05) is 24.3 Å². The lowest BCUT2D eigenvalue weighted by Gasteiger charge is -2.26. The minimum atomic E-state index is -0.117. The molecule has 1 aliphatic rings. The number of para-hydroxylation sites is 1. The summed E-state index contributed by atoms with van der Waals surface area (Å²) in [4.78, 5) is 32.0. The summed E-state index contributed by atoms with van der Waals surface area (Å²) in [6.45, 7) is 1.61. The molecule has 0 radical (unpaired) electrons. The Bertz CT molecular complexity index is 1120. The van der Waals surface area contributed by atoms with Crippen LogP contribution in [0.3, 0.4) is 0 Å². The Labute approximate surface area is 162 Å². The van der Waals surface area contributed by atoms with Gasteiger partial charge in [-0.25, -0.2) is 4.98 Å². The summed E-state index contributed by atoms with van der Waals surface area (Å²) in [7, 11) is 1.73. The molecule has 0 amide bonds. The number of aliphatic hydroxyl groups excluding tert-OH is 1. The number of aryl methyl sites for hydroxylation is 1. The van der Waals surface area contributed by atoms with Crippen LogP contribution >= 0.6 is 0 Å². The fourth-order valence-electron chi connectivity index (χ4n) is 3.99. The predicted molar refractivity (Wildman–Crippen MR) is 107 cm³/mol. The second-order valence-electron chi connectivity index (χ2n) is 7.28. The number of hydrogen-bond acceptors (Lipinski definition) is 5. The average molecular weight is 380 g/mol. The molecular formula is C21H24N4O3. The average Bonchev–Trinajstić information content (AvgIpc) is 3.15. The highest BCUT2D eigenvalue weighted by Crippen LogP contribution is 2.32. The van der Waals surface area contributed by atoms with Gasteiger partial charge in [0.05, 0.1) is 30.1 Å². The van der Waals surface area contributed by atoms with Crippen molar-refractivity contribution in [1.29, 1.82) is 0 Å². The van der Waals surface area contributed by atoms with E-state index in [9.17, 15) is 14.7 Å². The molecule has 28 heavy (non-hydrogen) atoms. The van der Waals surface area contributed by atoms with Crippen molar-refractivity contribution in [2.24, 2.45) is 7.05 Å². The Kier molecular flexibility index (Phi) is 5.11. The molecule has 1 aromatic carbocycles. The molecule has 4 rings (SSSR count). The molecule has 0 aliphatic carbocycles. The molecule has 0 spiro atoms. The van der Waals surface area contributed by atoms with Gasteiger partial charge in [-0.15, -0.1) is 0 Å². The number of pyridine rings is 1. The Morgan fingerprint density at radius 3 is 2.82 bits per heavy atom. The minimum absolute atomic E-state index is 0.0204. The van der Waals surface area contributed by atoms with Crippen LogP contribution in [-0.2, 0) is 20.1 Å². The number of rotatable bonds is 5. The molecule has 1 aliphatic heterocycles. The van der Waals surface area contributed by atoms with E-state index in [0.29, 0.717) is 23.3 Å². The molecule has 7 heteroatoms. The number of likely N-dealkylation sites (tertiary alicyclic amines) is 1. The van der Waals surface area contributed by atoms with Crippen LogP contribution in [0.2, 0.25) is 0 Å². The summed E-state index contributed by atoms with van der Waals surface area (Å²) in [5.41, 5.74) is 1.48. The van der Waals surface area contributed by atoms with Crippen molar-refractivity contribution < 1.29 is 5.11 Å². The van der Waals surface area contributed by atoms with E-state index in [-0.39, 0.29) is 30.3 Å². The first kappa shape index (κ1) is 18.6. The third kappa shape index (κ3) is 3.39. The van der Waals surface area contributed by atoms with Crippen LogP contribution in [0.1, 0.15) is 30.3 Å². The number of aromatic nitrogens is 3. The molecule has 7 nitrogen and oxygen atoms in total. The summed E-state index contributed by atoms with van der Waals surface area (Å²) in [6, 6.07) is 10.9. The smallest absolute Gasteiger partial charge is 0.261 e. The standard InChI is InChI=1S/C21H24N4O3/c1-23-10-8-15(13-19(23)27)14-24-9-4-7-18(24)20-22-17-6-3-2-5-16(17)21(28)25(20)11-12-26/h2-3,5-6,8,10,13,18,26H,4,7,9,11-12,14H2,1H3. The first-order chi connectivity index (χ1) is 13.6. The third-order valence-electron chi connectivity index (χ3n) is 5.43. The lowest BCUT2D eigenvalue weighted by molar-refractivity contribution is 0.223. The van der Waals surface area contributed by atoms with Crippen LogP contribution < -0.4 is 11.1 Å². The maximum absolute atomic E-state index is 13.0. The number of aliphatic hydroxyl groups is 1. The van der Waals surface area contributed by atoms with Crippen LogP contribution in [0.4, 0.5) is 0 Å². The van der Waals surface area contributed by atoms with Gasteiger partial charge in [-0.2, -0.15) is 0 Å². The monoisotopic (exact) mass is 380 g/mol. The van der Waals surface area contributed by atoms with Gasteiger partial charge in [0.25, 0.3) is 11.1 Å². The Hall–Kier alpha value is -2.77. The van der Waals surface area contributed by atoms with Gasteiger partial charge in [0.1, 0.15) is 5.82 Å². The van der Waals surface area contributed by atoms with Crippen LogP contribution in [0.5, 0.6) is 0 Å². The van der Waals surface area contributed by atoms with Crippen molar-refractivity contribution in [3.8, 4) is 0 Å². The van der Waals surface area contributed by atoms with Crippen LogP contribution in [0.25, 0.3) is 10.9 Å². The highest BCUT2D eigenvalue weighted by molar-refractivity contribution is 5.77. The first-order valence-electron chi connectivity index (χ1n) is 9.58. The van der Waals surface area contributed by atoms with Gasteiger partial charge in [-0.1, -0.05) is 12.1 Å². The summed E-state index contributed by atoms with van der Waals surface area (Å²) in [6.07, 6.45) is 3.66. The van der Waals surface area contributed by atoms with Crippen LogP contribution in [0.15, 0.2) is 52.2 Å². The number of hydrogen-bond donors (Lipinski definition) is 1. The fourth-order valence-corrected chi connectivity index (χ4v) is 3.99. The molecule has 1 N–H and O–H groups in total. The lowest BCUT2D eigenvalue weighted by Crippen LogP contribution is -2.33. The Balaban J connectivity index is 1.75. The Morgan fingerprint density at radius 1 is 1.21 bits per heavy atom. The number of nitrogens with zero attached hydrogens (tertiary/aromatic N) is 4. The van der Waals surface area contributed by atoms with E-state index in [0.717, 1.165) is 24.9 Å². The SMILES string of the molecule is Cn1ccc(CN2CCCC2c2nc3ccccc3c(=O)n2CCO)cc1=O. The molecular weight excluding hydrogens is 356 g/mol. The topological polar surface area (TPSA) is 80.4 Å². The maximum atomic E-state index is 13.0. The lowest BCUT2D eigenvalue weighted by atomic mass is 10.1. The quantitative estimate of drug-likeness (QED) is 0.724. The molecule has 1 fully saturated rings. The molecule has 1 atom stereocenters. The predicted octanol–water partition coefficient (Wildman–Crippen LogP) is 1.42. The zero-order valence-corrected chi connectivity index (χ0v) is 15.9. The zero-order chi connectivity index (χ0) is 19.7. The van der Waals surface area contributed by atoms with Gasteiger partial charge in [0, 0.05) is 25.9 Å². The molecule has 1 saturated heterocycles. The summed E-state index contributed by atoms with van der Waals surface area (Å²) >= 11 is 0. The van der Waals surface area contributed by atoms with E-state index >= 15 is 0 Å². The molecule has 146 valence electrons. The van der Waals surface area contributed by atoms with Gasteiger partial charge < -0.3 is 9.67 Å². The molecule has 0 saturated carbocycles. The summed E-state index contributed by atoms with van der Waals surface area (Å²) in [5.74, 6) is 0.694. The molecule has 3 heterocycles. The fraction of sp³-hybridized carbons (Fsp3) is 0.381. The number of fused-ring (bicyclic) bond motifs is 1. The van der Waals surface area contributed by atoms with E-state index in [2.05, 4.69) is 4.90 Å². The van der Waals surface area contributed by atoms with Gasteiger partial charge in [-0.3, -0.25) is 19.1 Å². The third-order valence-corrected chi connectivity index (χ3v) is 5.43. The van der Waals surface area contributed by atoms with Crippen molar-refractivity contribution in [1.82, 2.24) is 19.0 Å². The van der Waals surface area contributed by atoms with Crippen molar-refractivity contribution in [3.63, 3.8) is 0 Å². The zero-order valence-electron chi connectivity index (χ0n) is 15.9. The highest BCUT2D eigenvalue weighted by Gasteiger charge is 2.30. The van der Waals surface area contributed by atoms with Crippen LogP contribution in [0, 0.1) is 0 Å². The maximum Gasteiger partial charge on any atom is 0.261 e. The van der Waals surface area contributed by atoms with Crippen molar-refractivity contribution in [3.05, 3.63) is 74.7 Å². The Morgan fingerprint density at radius 2 is 2.04 bits per heavy atom. The summed E-state index contributed by atoms with van der Waals surface area (Å²) < 4.78 is 3.16. The molecule has 0 bridgehead atoms. The summed E-state index contributed by atoms with van der Waals surface area (Å²) in [5, 5.41) is 10.1. The highest BCUT2D eigenvalue weighted by atomic mass is 16.3. The largest absolute Gasteiger partial charge is 0.395 e. The van der Waals surface area contributed by atoms with Gasteiger partial charge in [0.2, 0.25) is 0 Å². The van der Waals surface area contributed by atoms with Gasteiger partial charge in [0.15, 0.2) is 0 Å². The molecule has 1 unspecified atom stereocenters. The van der Waals surface area contributed by atoms with Crippen molar-refractivity contribution >= 4 is 10.9 Å². The van der Waals surface area contributed by atoms with E-state index in [1.165, 1.54) is 0 Å². The van der Waals surface area contributed by atoms with Crippen molar-refractivity contribution in [2.75, 3.05) is 13.2 Å². The van der Waals surface area contributed by atoms with E-state index in [4.69, 9.17) is 4.98 Å². The second kappa shape index (κ2) is 7.69. The minimum Gasteiger partial charge on any atom is -0.395 e. The first-order valence-corrected chi connectivity index (χ1v) is 9.58. The normalized spacial score (nSPS) is 17.4. The molecule has 2 aromatic heterocycles. The second-order valence-corrected chi connectivity index (χ2v) is 7.28. The van der Waals surface area contributed by atoms with Crippen molar-refractivity contribution in [2.45, 2.75) is 32.0 Å². The molecule has 3 aromatic rings. The van der Waals surface area contributed by atoms with E-state index in [1.54, 1.807) is 34.5 Å². The van der Waals surface area contributed by atoms with Gasteiger partial charge >= 0.3 is 0 Å². The van der Waals surface area contributed by atoms with Gasteiger partial charge in [-0.05, 0) is 43.1 Å². The van der Waals surface area contributed by atoms with Crippen LogP contribution in [-0.4, -0.2) is 37.3 Å².